The minimum absolute atomic E-state index is 0.610. The summed E-state index contributed by atoms with van der Waals surface area (Å²) in [5.74, 6) is 1.38. The van der Waals surface area contributed by atoms with Crippen molar-refractivity contribution in [2.24, 2.45) is 0 Å². The van der Waals surface area contributed by atoms with E-state index in [1.807, 2.05) is 50.4 Å². The van der Waals surface area contributed by atoms with Crippen LogP contribution in [0.15, 0.2) is 40.9 Å². The Kier molecular flexibility index (Phi) is 4.33. The van der Waals surface area contributed by atoms with E-state index < -0.39 is 0 Å². The molecule has 3 nitrogen and oxygen atoms in total. The molecule has 1 heterocycles. The first kappa shape index (κ1) is 13.1. The quantitative estimate of drug-likeness (QED) is 0.936. The van der Waals surface area contributed by atoms with Gasteiger partial charge in [0.15, 0.2) is 0 Å². The zero-order valence-corrected chi connectivity index (χ0v) is 12.0. The normalized spacial score (nSPS) is 10.4. The molecule has 0 aliphatic heterocycles. The van der Waals surface area contributed by atoms with Gasteiger partial charge in [-0.05, 0) is 47.6 Å². The third-order valence-electron chi connectivity index (χ3n) is 2.59. The lowest BCUT2D eigenvalue weighted by molar-refractivity contribution is 0.458. The fourth-order valence-electron chi connectivity index (χ4n) is 1.64. The van der Waals surface area contributed by atoms with Gasteiger partial charge in [-0.3, -0.25) is 0 Å². The molecule has 2 aromatic rings. The Balaban J connectivity index is 2.20. The molecular weight excluding hydrogens is 292 g/mol. The Morgan fingerprint density at radius 1 is 1.22 bits per heavy atom. The van der Waals surface area contributed by atoms with Crippen LogP contribution in [0.1, 0.15) is 11.3 Å². The van der Waals surface area contributed by atoms with E-state index in [0.29, 0.717) is 5.88 Å². The highest BCUT2D eigenvalue weighted by Crippen LogP contribution is 2.28. The van der Waals surface area contributed by atoms with E-state index in [-0.39, 0.29) is 0 Å². The SMILES string of the molecule is CNCc1ccc(Oc2ccccc2Br)nc1C. The number of para-hydroxylation sites is 1. The van der Waals surface area contributed by atoms with Crippen LogP contribution in [0, 0.1) is 6.92 Å². The summed E-state index contributed by atoms with van der Waals surface area (Å²) in [4.78, 5) is 4.45. The molecule has 0 radical (unpaired) electrons. The number of nitrogens with zero attached hydrogens (tertiary/aromatic N) is 1. The van der Waals surface area contributed by atoms with Gasteiger partial charge < -0.3 is 10.1 Å². The smallest absolute Gasteiger partial charge is 0.219 e. The maximum atomic E-state index is 5.74. The highest BCUT2D eigenvalue weighted by molar-refractivity contribution is 9.10. The molecule has 0 atom stereocenters. The van der Waals surface area contributed by atoms with Crippen molar-refractivity contribution in [1.82, 2.24) is 10.3 Å². The van der Waals surface area contributed by atoms with Crippen LogP contribution in [-0.4, -0.2) is 12.0 Å². The Morgan fingerprint density at radius 3 is 2.67 bits per heavy atom. The minimum Gasteiger partial charge on any atom is -0.438 e. The number of aromatic nitrogens is 1. The molecule has 4 heteroatoms. The van der Waals surface area contributed by atoms with E-state index in [4.69, 9.17) is 4.74 Å². The molecule has 1 aromatic heterocycles. The number of benzene rings is 1. The summed E-state index contributed by atoms with van der Waals surface area (Å²) in [5.41, 5.74) is 2.16. The number of aryl methyl sites for hydroxylation is 1. The minimum atomic E-state index is 0.610. The zero-order valence-electron chi connectivity index (χ0n) is 10.4. The van der Waals surface area contributed by atoms with Crippen molar-refractivity contribution < 1.29 is 4.74 Å². The van der Waals surface area contributed by atoms with E-state index >= 15 is 0 Å². The molecule has 0 fully saturated rings. The summed E-state index contributed by atoms with van der Waals surface area (Å²) in [5, 5.41) is 3.11. The second-order valence-corrected chi connectivity index (χ2v) is 4.81. The number of hydrogen-bond donors (Lipinski definition) is 1. The van der Waals surface area contributed by atoms with Crippen LogP contribution in [0.2, 0.25) is 0 Å². The van der Waals surface area contributed by atoms with E-state index in [1.54, 1.807) is 0 Å². The summed E-state index contributed by atoms with van der Waals surface area (Å²) in [6.45, 7) is 2.80. The van der Waals surface area contributed by atoms with Gasteiger partial charge in [-0.25, -0.2) is 4.98 Å². The monoisotopic (exact) mass is 306 g/mol. The van der Waals surface area contributed by atoms with Gasteiger partial charge in [0.2, 0.25) is 5.88 Å². The van der Waals surface area contributed by atoms with Crippen LogP contribution in [-0.2, 0) is 6.54 Å². The highest BCUT2D eigenvalue weighted by Gasteiger charge is 2.05. The molecule has 0 spiro atoms. The standard InChI is InChI=1S/C14H15BrN2O/c1-10-11(9-16-2)7-8-14(17-10)18-13-6-4-3-5-12(13)15/h3-8,16H,9H2,1-2H3. The van der Waals surface area contributed by atoms with Crippen molar-refractivity contribution in [3.05, 3.63) is 52.1 Å². The van der Waals surface area contributed by atoms with Crippen LogP contribution in [0.5, 0.6) is 11.6 Å². The molecule has 1 aromatic carbocycles. The average molecular weight is 307 g/mol. The van der Waals surface area contributed by atoms with Crippen LogP contribution < -0.4 is 10.1 Å². The van der Waals surface area contributed by atoms with Gasteiger partial charge in [0, 0.05) is 18.3 Å². The molecule has 0 bridgehead atoms. The number of halogens is 1. The summed E-state index contributed by atoms with van der Waals surface area (Å²) >= 11 is 3.45. The van der Waals surface area contributed by atoms with Crippen LogP contribution >= 0.6 is 15.9 Å². The third-order valence-corrected chi connectivity index (χ3v) is 3.24. The lowest BCUT2D eigenvalue weighted by Gasteiger charge is -2.09. The number of nitrogens with one attached hydrogen (secondary N) is 1. The molecule has 0 amide bonds. The molecular formula is C14H15BrN2O. The predicted octanol–water partition coefficient (Wildman–Crippen LogP) is 3.66. The van der Waals surface area contributed by atoms with Crippen molar-refractivity contribution in [3.8, 4) is 11.6 Å². The maximum absolute atomic E-state index is 5.74. The lowest BCUT2D eigenvalue weighted by Crippen LogP contribution is -2.07. The first-order chi connectivity index (χ1) is 8.70. The molecule has 0 saturated heterocycles. The van der Waals surface area contributed by atoms with E-state index in [1.165, 1.54) is 5.56 Å². The largest absolute Gasteiger partial charge is 0.438 e. The molecule has 0 saturated carbocycles. The summed E-state index contributed by atoms with van der Waals surface area (Å²) in [7, 11) is 1.92. The first-order valence-electron chi connectivity index (χ1n) is 5.74. The Labute approximate surface area is 115 Å². The average Bonchev–Trinajstić information content (AvgIpc) is 2.36. The molecule has 18 heavy (non-hydrogen) atoms. The molecule has 0 unspecified atom stereocenters. The molecule has 2 rings (SSSR count). The van der Waals surface area contributed by atoms with Crippen molar-refractivity contribution in [2.45, 2.75) is 13.5 Å². The fraction of sp³-hybridized carbons (Fsp3) is 0.214. The van der Waals surface area contributed by atoms with Crippen molar-refractivity contribution in [1.29, 1.82) is 0 Å². The van der Waals surface area contributed by atoms with Crippen molar-refractivity contribution >= 4 is 15.9 Å². The van der Waals surface area contributed by atoms with E-state index in [0.717, 1.165) is 22.5 Å². The van der Waals surface area contributed by atoms with E-state index in [9.17, 15) is 0 Å². The predicted molar refractivity (Wildman–Crippen MR) is 76.0 cm³/mol. The summed E-state index contributed by atoms with van der Waals surface area (Å²) in [6, 6.07) is 11.7. The zero-order chi connectivity index (χ0) is 13.0. The van der Waals surface area contributed by atoms with Crippen LogP contribution in [0.3, 0.4) is 0 Å². The third kappa shape index (κ3) is 3.09. The highest BCUT2D eigenvalue weighted by atomic mass is 79.9. The van der Waals surface area contributed by atoms with Crippen molar-refractivity contribution in [3.63, 3.8) is 0 Å². The topological polar surface area (TPSA) is 34.1 Å². The van der Waals surface area contributed by atoms with Crippen LogP contribution in [0.4, 0.5) is 0 Å². The summed E-state index contributed by atoms with van der Waals surface area (Å²) < 4.78 is 6.66. The molecule has 0 aliphatic carbocycles. The number of hydrogen-bond acceptors (Lipinski definition) is 3. The summed E-state index contributed by atoms with van der Waals surface area (Å²) in [6.07, 6.45) is 0. The van der Waals surface area contributed by atoms with Gasteiger partial charge in [-0.1, -0.05) is 18.2 Å². The van der Waals surface area contributed by atoms with Gasteiger partial charge in [-0.2, -0.15) is 0 Å². The first-order valence-corrected chi connectivity index (χ1v) is 6.53. The number of rotatable bonds is 4. The Bertz CT molecular complexity index is 543. The van der Waals surface area contributed by atoms with Crippen LogP contribution in [0.25, 0.3) is 0 Å². The van der Waals surface area contributed by atoms with Crippen molar-refractivity contribution in [2.75, 3.05) is 7.05 Å². The van der Waals surface area contributed by atoms with Gasteiger partial charge >= 0.3 is 0 Å². The second kappa shape index (κ2) is 5.98. The molecule has 1 N–H and O–H groups in total. The van der Waals surface area contributed by atoms with E-state index in [2.05, 4.69) is 26.2 Å². The molecule has 0 aliphatic rings. The number of ether oxygens (including phenoxy) is 1. The molecule has 94 valence electrons. The second-order valence-electron chi connectivity index (χ2n) is 3.96. The van der Waals surface area contributed by atoms with Gasteiger partial charge in [0.1, 0.15) is 5.75 Å². The lowest BCUT2D eigenvalue weighted by atomic mass is 10.2. The maximum Gasteiger partial charge on any atom is 0.219 e. The van der Waals surface area contributed by atoms with Gasteiger partial charge in [0.05, 0.1) is 4.47 Å². The van der Waals surface area contributed by atoms with Gasteiger partial charge in [-0.15, -0.1) is 0 Å². The van der Waals surface area contributed by atoms with Gasteiger partial charge in [0.25, 0.3) is 0 Å². The fourth-order valence-corrected chi connectivity index (χ4v) is 2.01. The number of pyridine rings is 1. The Morgan fingerprint density at radius 2 is 2.00 bits per heavy atom. The Hall–Kier alpha value is -1.39.